The molecule has 2 aromatic rings. The number of aromatic nitrogens is 3. The van der Waals surface area contributed by atoms with Gasteiger partial charge in [0.25, 0.3) is 0 Å². The number of nitrogen functional groups attached to an aromatic ring is 1. The summed E-state index contributed by atoms with van der Waals surface area (Å²) in [7, 11) is 1.61. The zero-order valence-corrected chi connectivity index (χ0v) is 11.0. The van der Waals surface area contributed by atoms with E-state index in [1.165, 1.54) is 12.1 Å². The monoisotopic (exact) mass is 278 g/mol. The predicted molar refractivity (Wildman–Crippen MR) is 69.6 cm³/mol. The summed E-state index contributed by atoms with van der Waals surface area (Å²) < 4.78 is 20.6. The first-order chi connectivity index (χ1) is 9.60. The van der Waals surface area contributed by atoms with Crippen LogP contribution in [0.3, 0.4) is 0 Å². The summed E-state index contributed by atoms with van der Waals surface area (Å²) in [5.74, 6) is -0.188. The van der Waals surface area contributed by atoms with Gasteiger partial charge in [-0.1, -0.05) is 6.07 Å². The number of ether oxygens (including phenoxy) is 1. The van der Waals surface area contributed by atoms with E-state index in [0.29, 0.717) is 5.82 Å². The van der Waals surface area contributed by atoms with Crippen molar-refractivity contribution in [3.8, 4) is 5.75 Å². The zero-order valence-electron chi connectivity index (χ0n) is 11.0. The minimum absolute atomic E-state index is 0.155. The van der Waals surface area contributed by atoms with E-state index in [1.807, 2.05) is 0 Å². The van der Waals surface area contributed by atoms with Gasteiger partial charge >= 0.3 is 0 Å². The van der Waals surface area contributed by atoms with Crippen molar-refractivity contribution in [3.05, 3.63) is 35.4 Å². The summed E-state index contributed by atoms with van der Waals surface area (Å²) in [4.78, 5) is 4.18. The lowest BCUT2D eigenvalue weighted by molar-refractivity contribution is 0.0648. The van der Waals surface area contributed by atoms with Crippen molar-refractivity contribution in [1.82, 2.24) is 14.8 Å². The third-order valence-electron chi connectivity index (χ3n) is 3.60. The zero-order chi connectivity index (χ0) is 14.3. The minimum atomic E-state index is -0.647. The highest BCUT2D eigenvalue weighted by atomic mass is 19.1. The number of halogens is 1. The van der Waals surface area contributed by atoms with Crippen LogP contribution < -0.4 is 5.73 Å². The van der Waals surface area contributed by atoms with E-state index in [1.54, 1.807) is 17.9 Å². The molecule has 20 heavy (non-hydrogen) atoms. The van der Waals surface area contributed by atoms with E-state index in [9.17, 15) is 9.50 Å². The number of phenolic OH excluding ortho intramolecular Hbond substituents is 1. The van der Waals surface area contributed by atoms with Crippen LogP contribution in [0.5, 0.6) is 5.75 Å². The molecule has 2 atom stereocenters. The van der Waals surface area contributed by atoms with Crippen LogP contribution in [0.4, 0.5) is 10.3 Å². The van der Waals surface area contributed by atoms with Crippen molar-refractivity contribution in [3.63, 3.8) is 0 Å². The fourth-order valence-corrected chi connectivity index (χ4v) is 2.62. The van der Waals surface area contributed by atoms with Crippen LogP contribution in [-0.2, 0) is 4.74 Å². The summed E-state index contributed by atoms with van der Waals surface area (Å²) in [6.07, 6.45) is 1.33. The van der Waals surface area contributed by atoms with Crippen LogP contribution in [0.2, 0.25) is 0 Å². The quantitative estimate of drug-likeness (QED) is 0.874. The molecule has 0 radical (unpaired) electrons. The summed E-state index contributed by atoms with van der Waals surface area (Å²) >= 11 is 0. The van der Waals surface area contributed by atoms with Crippen LogP contribution >= 0.6 is 0 Å². The first-order valence-corrected chi connectivity index (χ1v) is 6.33. The molecule has 0 amide bonds. The number of hydrogen-bond donors (Lipinski definition) is 2. The number of nitrogens with two attached hydrogens (primary N) is 1. The molecule has 1 aliphatic heterocycles. The molecule has 6 nitrogen and oxygen atoms in total. The molecule has 1 aromatic heterocycles. The first-order valence-electron chi connectivity index (χ1n) is 6.33. The Morgan fingerprint density at radius 3 is 2.95 bits per heavy atom. The van der Waals surface area contributed by atoms with Crippen LogP contribution in [0, 0.1) is 5.82 Å². The van der Waals surface area contributed by atoms with Crippen LogP contribution in [0.15, 0.2) is 18.2 Å². The number of phenols is 1. The Labute approximate surface area is 115 Å². The average molecular weight is 278 g/mol. The van der Waals surface area contributed by atoms with Crippen molar-refractivity contribution in [1.29, 1.82) is 0 Å². The molecular formula is C13H15FN4O2. The molecule has 7 heteroatoms. The summed E-state index contributed by atoms with van der Waals surface area (Å²) in [6.45, 7) is 0. The van der Waals surface area contributed by atoms with Gasteiger partial charge < -0.3 is 15.6 Å². The van der Waals surface area contributed by atoms with Crippen LogP contribution in [0.25, 0.3) is 0 Å². The molecule has 0 saturated heterocycles. The molecule has 1 aliphatic rings. The Balaban J connectivity index is 2.04. The maximum Gasteiger partial charge on any atom is 0.239 e. The number of rotatable bonds is 2. The normalized spacial score (nSPS) is 21.7. The highest BCUT2D eigenvalue weighted by molar-refractivity contribution is 5.31. The van der Waals surface area contributed by atoms with Gasteiger partial charge in [-0.05, 0) is 30.5 Å². The molecular weight excluding hydrogens is 263 g/mol. The van der Waals surface area contributed by atoms with Crippen molar-refractivity contribution in [2.75, 3.05) is 12.8 Å². The van der Waals surface area contributed by atoms with Gasteiger partial charge in [0.05, 0.1) is 6.04 Å². The lowest BCUT2D eigenvalue weighted by Gasteiger charge is -2.28. The number of hydrogen-bond acceptors (Lipinski definition) is 5. The van der Waals surface area contributed by atoms with Gasteiger partial charge in [0, 0.05) is 7.11 Å². The summed E-state index contributed by atoms with van der Waals surface area (Å²) in [6, 6.07) is 4.18. The van der Waals surface area contributed by atoms with Crippen molar-refractivity contribution in [2.24, 2.45) is 0 Å². The van der Waals surface area contributed by atoms with Gasteiger partial charge in [0.15, 0.2) is 17.4 Å². The third-order valence-corrected chi connectivity index (χ3v) is 3.60. The van der Waals surface area contributed by atoms with Crippen molar-refractivity contribution in [2.45, 2.75) is 25.0 Å². The number of methoxy groups -OCH3 is 1. The summed E-state index contributed by atoms with van der Waals surface area (Å²) in [5.41, 5.74) is 6.38. The summed E-state index contributed by atoms with van der Waals surface area (Å²) in [5, 5.41) is 13.4. The Morgan fingerprint density at radius 1 is 1.45 bits per heavy atom. The van der Waals surface area contributed by atoms with Gasteiger partial charge in [-0.15, -0.1) is 5.10 Å². The second kappa shape index (κ2) is 4.75. The Hall–Kier alpha value is -2.15. The number of aromatic hydroxyl groups is 1. The molecule has 0 saturated carbocycles. The second-order valence-electron chi connectivity index (χ2n) is 4.80. The van der Waals surface area contributed by atoms with E-state index < -0.39 is 5.82 Å². The van der Waals surface area contributed by atoms with Gasteiger partial charge in [-0.3, -0.25) is 0 Å². The molecule has 0 bridgehead atoms. The molecule has 3 rings (SSSR count). The van der Waals surface area contributed by atoms with Crippen molar-refractivity contribution < 1.29 is 14.2 Å². The Morgan fingerprint density at radius 2 is 2.25 bits per heavy atom. The molecule has 3 N–H and O–H groups in total. The molecule has 2 heterocycles. The van der Waals surface area contributed by atoms with E-state index >= 15 is 0 Å². The van der Waals surface area contributed by atoms with Gasteiger partial charge in [0.1, 0.15) is 6.10 Å². The lowest BCUT2D eigenvalue weighted by Crippen LogP contribution is -2.24. The third kappa shape index (κ3) is 2.00. The predicted octanol–water partition coefficient (Wildman–Crippen LogP) is 1.78. The molecule has 0 fully saturated rings. The minimum Gasteiger partial charge on any atom is -0.505 e. The van der Waals surface area contributed by atoms with Gasteiger partial charge in [-0.25, -0.2) is 9.07 Å². The molecule has 106 valence electrons. The van der Waals surface area contributed by atoms with Crippen LogP contribution in [0.1, 0.15) is 36.4 Å². The van der Waals surface area contributed by atoms with E-state index in [-0.39, 0.29) is 23.8 Å². The number of anilines is 1. The van der Waals surface area contributed by atoms with Crippen LogP contribution in [-0.4, -0.2) is 27.0 Å². The first kappa shape index (κ1) is 12.9. The van der Waals surface area contributed by atoms with Crippen molar-refractivity contribution >= 4 is 5.95 Å². The maximum absolute atomic E-state index is 13.5. The molecule has 0 spiro atoms. The second-order valence-corrected chi connectivity index (χ2v) is 4.80. The molecule has 2 unspecified atom stereocenters. The van der Waals surface area contributed by atoms with E-state index in [2.05, 4.69) is 10.1 Å². The Kier molecular flexibility index (Phi) is 3.06. The fourth-order valence-electron chi connectivity index (χ4n) is 2.62. The molecule has 1 aromatic carbocycles. The van der Waals surface area contributed by atoms with Gasteiger partial charge in [-0.2, -0.15) is 4.98 Å². The highest BCUT2D eigenvalue weighted by Crippen LogP contribution is 2.37. The number of benzene rings is 1. The van der Waals surface area contributed by atoms with Gasteiger partial charge in [0.2, 0.25) is 5.95 Å². The number of nitrogens with zero attached hydrogens (tertiary/aromatic N) is 3. The SMILES string of the molecule is COC1CCC(c2ccc(O)c(F)c2)n2nc(N)nc21. The largest absolute Gasteiger partial charge is 0.505 e. The lowest BCUT2D eigenvalue weighted by atomic mass is 9.96. The maximum atomic E-state index is 13.5. The smallest absolute Gasteiger partial charge is 0.239 e. The highest BCUT2D eigenvalue weighted by Gasteiger charge is 2.31. The van der Waals surface area contributed by atoms with E-state index in [4.69, 9.17) is 10.5 Å². The average Bonchev–Trinajstić information content (AvgIpc) is 2.82. The Bertz CT molecular complexity index is 643. The molecule has 0 aliphatic carbocycles. The fraction of sp³-hybridized carbons (Fsp3) is 0.385. The standard InChI is InChI=1S/C13H15FN4O2/c1-20-11-5-3-9(18-12(11)16-13(15)17-18)7-2-4-10(19)8(14)6-7/h2,4,6,9,11,19H,3,5H2,1H3,(H2,15,17). The topological polar surface area (TPSA) is 86.2 Å². The number of fused-ring (bicyclic) bond motifs is 1. The van der Waals surface area contributed by atoms with E-state index in [0.717, 1.165) is 18.4 Å².